The van der Waals surface area contributed by atoms with E-state index in [0.29, 0.717) is 0 Å². The van der Waals surface area contributed by atoms with Gasteiger partial charge in [0.2, 0.25) is 0 Å². The molecule has 0 heterocycles. The highest BCUT2D eigenvalue weighted by molar-refractivity contribution is 5.86. The van der Waals surface area contributed by atoms with Gasteiger partial charge in [0, 0.05) is 12.1 Å². The van der Waals surface area contributed by atoms with Gasteiger partial charge in [-0.3, -0.25) is 15.3 Å². The van der Waals surface area contributed by atoms with E-state index in [0.717, 1.165) is 22.4 Å². The molecule has 0 saturated heterocycles. The third kappa shape index (κ3) is 5.24. The first-order chi connectivity index (χ1) is 15.1. The van der Waals surface area contributed by atoms with Crippen molar-refractivity contribution in [3.63, 3.8) is 0 Å². The molecular weight excluding hydrogens is 411 g/mol. The lowest BCUT2D eigenvalue weighted by Crippen LogP contribution is -2.70. The number of hydroxylamine groups is 1. The van der Waals surface area contributed by atoms with Crippen LogP contribution in [0, 0.1) is 0 Å². The van der Waals surface area contributed by atoms with Crippen LogP contribution < -0.4 is 15.5 Å². The second-order valence-corrected chi connectivity index (χ2v) is 8.03. The van der Waals surface area contributed by atoms with Crippen molar-refractivity contribution in [2.75, 3.05) is 13.7 Å². The summed E-state index contributed by atoms with van der Waals surface area (Å²) < 4.78 is 20.0. The van der Waals surface area contributed by atoms with Gasteiger partial charge in [-0.05, 0) is 43.5 Å². The number of halogens is 1. The van der Waals surface area contributed by atoms with Gasteiger partial charge in [-0.15, -0.1) is 0 Å². The Morgan fingerprint density at radius 1 is 1.22 bits per heavy atom. The number of amides is 1. The summed E-state index contributed by atoms with van der Waals surface area (Å²) in [6, 6.07) is 15.6. The van der Waals surface area contributed by atoms with Crippen LogP contribution >= 0.6 is 0 Å². The summed E-state index contributed by atoms with van der Waals surface area (Å²) in [7, 11) is 1.63. The fourth-order valence-electron chi connectivity index (χ4n) is 3.45. The van der Waals surface area contributed by atoms with Gasteiger partial charge < -0.3 is 9.84 Å². The second-order valence-electron chi connectivity index (χ2n) is 8.03. The molecule has 0 aliphatic heterocycles. The van der Waals surface area contributed by atoms with Crippen LogP contribution in [-0.4, -0.2) is 47.2 Å². The lowest BCUT2D eigenvalue weighted by atomic mass is 9.76. The van der Waals surface area contributed by atoms with Crippen molar-refractivity contribution >= 4 is 12.0 Å². The minimum Gasteiger partial charge on any atom is -0.496 e. The Morgan fingerprint density at radius 3 is 2.41 bits per heavy atom. The Morgan fingerprint density at radius 2 is 1.84 bits per heavy atom. The molecule has 7 heteroatoms. The van der Waals surface area contributed by atoms with E-state index in [4.69, 9.17) is 9.94 Å². The molecule has 0 aromatic heterocycles. The zero-order chi connectivity index (χ0) is 23.9. The highest BCUT2D eigenvalue weighted by Crippen LogP contribution is 2.32. The number of methoxy groups -OCH3 is 1. The molecular formula is C25H31FN2O4. The van der Waals surface area contributed by atoms with E-state index in [2.05, 4.69) is 11.9 Å². The molecule has 0 fully saturated rings. The number of hydrogen-bond acceptors (Lipinski definition) is 5. The van der Waals surface area contributed by atoms with Crippen molar-refractivity contribution in [2.24, 2.45) is 0 Å². The van der Waals surface area contributed by atoms with Gasteiger partial charge in [0.1, 0.15) is 16.9 Å². The van der Waals surface area contributed by atoms with Gasteiger partial charge in [-0.25, -0.2) is 9.87 Å². The molecule has 0 aliphatic carbocycles. The van der Waals surface area contributed by atoms with E-state index < -0.39 is 23.2 Å². The smallest absolute Gasteiger partial charge is 0.266 e. The zero-order valence-corrected chi connectivity index (χ0v) is 18.9. The molecule has 4 N–H and O–H groups in total. The third-order valence-corrected chi connectivity index (χ3v) is 5.71. The van der Waals surface area contributed by atoms with Gasteiger partial charge in [0.25, 0.3) is 5.91 Å². The number of rotatable bonds is 10. The number of ether oxygens (including phenoxy) is 1. The number of alkyl halides is 1. The Hall–Kier alpha value is -3.00. The molecule has 2 aromatic rings. The summed E-state index contributed by atoms with van der Waals surface area (Å²) in [5.41, 5.74) is 0.500. The first-order valence-corrected chi connectivity index (χ1v) is 10.2. The van der Waals surface area contributed by atoms with Crippen molar-refractivity contribution in [2.45, 2.75) is 38.1 Å². The molecule has 0 saturated carbocycles. The Bertz CT molecular complexity index is 972. The predicted molar refractivity (Wildman–Crippen MR) is 124 cm³/mol. The molecule has 0 aliphatic rings. The predicted octanol–water partition coefficient (Wildman–Crippen LogP) is 3.89. The summed E-state index contributed by atoms with van der Waals surface area (Å²) in [6.45, 7) is 7.59. The first kappa shape index (κ1) is 25.3. The van der Waals surface area contributed by atoms with E-state index in [-0.39, 0.29) is 12.1 Å². The molecule has 0 bridgehead atoms. The lowest BCUT2D eigenvalue weighted by molar-refractivity contribution is -0.152. The highest BCUT2D eigenvalue weighted by Gasteiger charge is 2.54. The standard InChI is InChI=1S/C25H31FN2O4/c1-17(2)22(26)25(4,30)24(3,23(29)28-31)27-16-8-9-18-12-14-19(15-13-18)20-10-6-7-11-21(20)32-5/h6-15,22,27,30-31H,1,16H2,2-5H3,(H,28,29). The fourth-order valence-corrected chi connectivity index (χ4v) is 3.45. The van der Waals surface area contributed by atoms with Gasteiger partial charge in [0.05, 0.1) is 7.11 Å². The zero-order valence-electron chi connectivity index (χ0n) is 18.9. The second kappa shape index (κ2) is 10.5. The molecule has 0 radical (unpaired) electrons. The van der Waals surface area contributed by atoms with Crippen LogP contribution in [0.5, 0.6) is 5.75 Å². The number of para-hydroxylation sites is 1. The Labute approximate surface area is 188 Å². The third-order valence-electron chi connectivity index (χ3n) is 5.71. The molecule has 0 spiro atoms. The molecule has 2 aromatic carbocycles. The van der Waals surface area contributed by atoms with Crippen LogP contribution in [0.1, 0.15) is 26.3 Å². The maximum absolute atomic E-state index is 14.6. The highest BCUT2D eigenvalue weighted by atomic mass is 19.1. The molecule has 6 nitrogen and oxygen atoms in total. The summed E-state index contributed by atoms with van der Waals surface area (Å²) >= 11 is 0. The summed E-state index contributed by atoms with van der Waals surface area (Å²) in [5, 5.41) is 22.7. The van der Waals surface area contributed by atoms with E-state index >= 15 is 0 Å². The van der Waals surface area contributed by atoms with Gasteiger partial charge >= 0.3 is 0 Å². The van der Waals surface area contributed by atoms with Crippen molar-refractivity contribution in [3.8, 4) is 16.9 Å². The summed E-state index contributed by atoms with van der Waals surface area (Å²) in [4.78, 5) is 12.3. The summed E-state index contributed by atoms with van der Waals surface area (Å²) in [5.74, 6) is -0.171. The van der Waals surface area contributed by atoms with Crippen molar-refractivity contribution < 1.29 is 24.2 Å². The number of benzene rings is 2. The van der Waals surface area contributed by atoms with Crippen molar-refractivity contribution in [1.29, 1.82) is 0 Å². The van der Waals surface area contributed by atoms with Crippen LogP contribution in [0.3, 0.4) is 0 Å². The van der Waals surface area contributed by atoms with E-state index in [9.17, 15) is 14.3 Å². The number of aliphatic hydroxyl groups is 1. The van der Waals surface area contributed by atoms with E-state index in [1.807, 2.05) is 54.6 Å². The Balaban J connectivity index is 2.14. The first-order valence-electron chi connectivity index (χ1n) is 10.2. The van der Waals surface area contributed by atoms with E-state index in [1.54, 1.807) is 13.2 Å². The van der Waals surface area contributed by atoms with Crippen LogP contribution in [0.25, 0.3) is 17.2 Å². The van der Waals surface area contributed by atoms with Crippen LogP contribution in [0.4, 0.5) is 4.39 Å². The molecule has 3 unspecified atom stereocenters. The van der Waals surface area contributed by atoms with Crippen molar-refractivity contribution in [1.82, 2.24) is 10.8 Å². The number of nitrogens with one attached hydrogen (secondary N) is 2. The average Bonchev–Trinajstić information content (AvgIpc) is 2.80. The van der Waals surface area contributed by atoms with Crippen molar-refractivity contribution in [3.05, 3.63) is 72.3 Å². The molecule has 172 valence electrons. The van der Waals surface area contributed by atoms with Crippen LogP contribution in [-0.2, 0) is 4.79 Å². The monoisotopic (exact) mass is 442 g/mol. The molecule has 1 amide bonds. The number of carbonyl (C=O) groups is 1. The summed E-state index contributed by atoms with van der Waals surface area (Å²) in [6.07, 6.45) is 1.69. The minimum atomic E-state index is -2.16. The van der Waals surface area contributed by atoms with Crippen LogP contribution in [0.15, 0.2) is 66.8 Å². The quantitative estimate of drug-likeness (QED) is 0.255. The van der Waals surface area contributed by atoms with Gasteiger partial charge in [-0.1, -0.05) is 61.2 Å². The van der Waals surface area contributed by atoms with Gasteiger partial charge in [0.15, 0.2) is 6.17 Å². The minimum absolute atomic E-state index is 0.0689. The number of hydrogen-bond donors (Lipinski definition) is 4. The average molecular weight is 443 g/mol. The van der Waals surface area contributed by atoms with E-state index in [1.165, 1.54) is 26.3 Å². The largest absolute Gasteiger partial charge is 0.496 e. The molecule has 2 rings (SSSR count). The lowest BCUT2D eigenvalue weighted by Gasteiger charge is -2.43. The fraction of sp³-hybridized carbons (Fsp3) is 0.320. The SMILES string of the molecule is C=C(C)C(F)C(C)(O)C(C)(NCC=Cc1ccc(-c2ccccc2OC)cc1)C(=O)NO. The van der Waals surface area contributed by atoms with Crippen LogP contribution in [0.2, 0.25) is 0 Å². The van der Waals surface area contributed by atoms with Gasteiger partial charge in [-0.2, -0.15) is 0 Å². The topological polar surface area (TPSA) is 90.8 Å². The number of carbonyl (C=O) groups excluding carboxylic acids is 1. The maximum Gasteiger partial charge on any atom is 0.266 e. The molecule has 3 atom stereocenters. The molecule has 32 heavy (non-hydrogen) atoms. The normalized spacial score (nSPS) is 16.1. The maximum atomic E-state index is 14.6. The Kier molecular flexibility index (Phi) is 8.32.